The van der Waals surface area contributed by atoms with Crippen molar-refractivity contribution in [3.63, 3.8) is 0 Å². The average molecular weight is 602 g/mol. The number of benzene rings is 2. The zero-order valence-electron chi connectivity index (χ0n) is 28.0. The van der Waals surface area contributed by atoms with Crippen LogP contribution in [-0.4, -0.2) is 4.70 Å². The molecule has 0 aromatic heterocycles. The summed E-state index contributed by atoms with van der Waals surface area (Å²) in [6.45, 7) is 27.7. The van der Waals surface area contributed by atoms with E-state index in [0.29, 0.717) is 0 Å². The average Bonchev–Trinajstić information content (AvgIpc) is 3.23. The maximum atomic E-state index is 11.9. The second-order valence-corrected chi connectivity index (χ2v) is 11.1. The summed E-state index contributed by atoms with van der Waals surface area (Å²) in [6, 6.07) is 9.08. The molecule has 0 saturated heterocycles. The van der Waals surface area contributed by atoms with Crippen molar-refractivity contribution >= 4 is 11.4 Å². The monoisotopic (exact) mass is 600 g/mol. The van der Waals surface area contributed by atoms with Gasteiger partial charge < -0.3 is 19.4 Å². The third-order valence-corrected chi connectivity index (χ3v) is 8.32. The van der Waals surface area contributed by atoms with Crippen molar-refractivity contribution in [2.45, 2.75) is 133 Å². The molecule has 2 aromatic rings. The van der Waals surface area contributed by atoms with Gasteiger partial charge in [0.05, 0.1) is 0 Å². The number of allylic oxidation sites excluding steroid dienone is 2. The van der Waals surface area contributed by atoms with Crippen molar-refractivity contribution in [2.24, 2.45) is 0 Å². The second kappa shape index (κ2) is 20.0. The fraction of sp³-hybridized carbons (Fsp3) is 0.526. The maximum absolute atomic E-state index is 11.9. The van der Waals surface area contributed by atoms with Gasteiger partial charge in [-0.15, -0.1) is 0 Å². The van der Waals surface area contributed by atoms with E-state index in [9.17, 15) is 5.53 Å². The summed E-state index contributed by atoms with van der Waals surface area (Å²) in [6.07, 6.45) is 12.0. The van der Waals surface area contributed by atoms with Crippen LogP contribution in [0, 0.1) is 55.4 Å². The van der Waals surface area contributed by atoms with Gasteiger partial charge in [-0.25, -0.2) is 4.70 Å². The minimum Gasteiger partial charge on any atom is -0.493 e. The van der Waals surface area contributed by atoms with Gasteiger partial charge in [0.25, 0.3) is 0 Å². The van der Waals surface area contributed by atoms with Gasteiger partial charge in [-0.05, 0) is 125 Å². The van der Waals surface area contributed by atoms with Crippen LogP contribution < -0.4 is 0 Å². The summed E-state index contributed by atoms with van der Waals surface area (Å²) < 4.78 is 1.55. The van der Waals surface area contributed by atoms with E-state index in [1.54, 1.807) is 18.5 Å². The molecule has 3 heteroatoms. The Bertz CT molecular complexity index is 1140. The molecule has 0 unspecified atom stereocenters. The van der Waals surface area contributed by atoms with E-state index in [1.165, 1.54) is 83.1 Å². The smallest absolute Gasteiger partial charge is 0.493 e. The van der Waals surface area contributed by atoms with Gasteiger partial charge >= 0.3 is 16.5 Å². The van der Waals surface area contributed by atoms with Gasteiger partial charge in [0.15, 0.2) is 0 Å². The van der Waals surface area contributed by atoms with Crippen molar-refractivity contribution in [1.82, 2.24) is 0 Å². The molecule has 1 heterocycles. The predicted molar refractivity (Wildman–Crippen MR) is 178 cm³/mol. The van der Waals surface area contributed by atoms with Gasteiger partial charge in [0.2, 0.25) is 11.4 Å². The topological polar surface area (TPSA) is 25.3 Å². The Morgan fingerprint density at radius 3 is 1.22 bits per heavy atom. The van der Waals surface area contributed by atoms with Crippen molar-refractivity contribution in [3.05, 3.63) is 99.3 Å². The van der Waals surface area contributed by atoms with Crippen molar-refractivity contribution < 1.29 is 21.2 Å². The quantitative estimate of drug-likeness (QED) is 0.100. The van der Waals surface area contributed by atoms with Crippen LogP contribution >= 0.6 is 0 Å². The molecule has 0 saturated carbocycles. The van der Waals surface area contributed by atoms with Gasteiger partial charge in [0.1, 0.15) is 0 Å². The van der Waals surface area contributed by atoms with Crippen LogP contribution in [0.3, 0.4) is 0 Å². The molecule has 2 aromatic carbocycles. The molecule has 0 spiro atoms. The number of nitrogens with zero attached hydrogens (tertiary/aromatic N) is 2. The molecular formula is C38H58N2Ni. The number of hydrogen-bond donors (Lipinski definition) is 0. The number of hydrogen-bond acceptors (Lipinski definition) is 0. The molecule has 0 N–H and O–H groups in total. The van der Waals surface area contributed by atoms with E-state index in [0.717, 1.165) is 48.2 Å². The SMILES string of the molecule is CCCCCCCCC1=C(c2cc(C)c(C)c(C)c2)[N+](=[N-])C(c2cc(C)c(C)c(C)c2)=C1CCCC.[CH2-]C.[CH2-]C.[Ni+2]. The largest absolute Gasteiger partial charge is 2.00 e. The van der Waals surface area contributed by atoms with E-state index < -0.39 is 0 Å². The minimum absolute atomic E-state index is 0. The first kappa shape index (κ1) is 39.0. The van der Waals surface area contributed by atoms with Crippen LogP contribution in [0.2, 0.25) is 0 Å². The third kappa shape index (κ3) is 10.1. The molecule has 0 radical (unpaired) electrons. The summed E-state index contributed by atoms with van der Waals surface area (Å²) in [5, 5.41) is 0. The summed E-state index contributed by atoms with van der Waals surface area (Å²) in [5.74, 6) is 0. The number of aryl methyl sites for hydroxylation is 4. The molecule has 0 bridgehead atoms. The van der Waals surface area contributed by atoms with Crippen LogP contribution in [0.5, 0.6) is 0 Å². The first-order valence-corrected chi connectivity index (χ1v) is 15.7. The molecule has 41 heavy (non-hydrogen) atoms. The van der Waals surface area contributed by atoms with Crippen molar-refractivity contribution in [2.75, 3.05) is 0 Å². The Labute approximate surface area is 264 Å². The Morgan fingerprint density at radius 2 is 0.854 bits per heavy atom. The Kier molecular flexibility index (Phi) is 19.0. The molecule has 0 amide bonds. The minimum atomic E-state index is 0. The maximum Gasteiger partial charge on any atom is 2.00 e. The summed E-state index contributed by atoms with van der Waals surface area (Å²) in [7, 11) is 0. The summed E-state index contributed by atoms with van der Waals surface area (Å²) >= 11 is 0. The molecule has 230 valence electrons. The van der Waals surface area contributed by atoms with E-state index in [4.69, 9.17) is 0 Å². The summed E-state index contributed by atoms with van der Waals surface area (Å²) in [4.78, 5) is 0. The fourth-order valence-corrected chi connectivity index (χ4v) is 5.57. The molecule has 1 aliphatic rings. The van der Waals surface area contributed by atoms with E-state index in [1.807, 2.05) is 0 Å². The van der Waals surface area contributed by atoms with Gasteiger partial charge in [0, 0.05) is 22.3 Å². The molecule has 2 nitrogen and oxygen atoms in total. The second-order valence-electron chi connectivity index (χ2n) is 11.1. The molecule has 0 atom stereocenters. The van der Waals surface area contributed by atoms with Crippen LogP contribution in [0.15, 0.2) is 35.4 Å². The predicted octanol–water partition coefficient (Wildman–Crippen LogP) is 12.3. The Morgan fingerprint density at radius 1 is 0.537 bits per heavy atom. The van der Waals surface area contributed by atoms with Gasteiger partial charge in [-0.2, -0.15) is 13.8 Å². The standard InChI is InChI=1S/C34H48N2.2C2H5.Ni/c1-9-11-13-14-15-16-18-32-31(17-12-10-2)33(29-19-23(3)27(7)24(4)20-29)36(35)34(32)30-21-25(5)28(8)26(6)22-30;2*1-2;/h19-22H,9-18H2,1-8H3;2*1H2,2H3;/q;2*-1;+2. The van der Waals surface area contributed by atoms with Gasteiger partial charge in [-0.1, -0.05) is 52.4 Å². The number of rotatable bonds is 12. The van der Waals surface area contributed by atoms with Crippen LogP contribution in [0.1, 0.15) is 136 Å². The number of unbranched alkanes of at least 4 members (excludes halogenated alkanes) is 6. The molecule has 0 aliphatic carbocycles. The fourth-order valence-electron chi connectivity index (χ4n) is 5.57. The van der Waals surface area contributed by atoms with Crippen LogP contribution in [0.4, 0.5) is 0 Å². The molecular weight excluding hydrogens is 543 g/mol. The Balaban J connectivity index is 0.00000306. The molecule has 3 rings (SSSR count). The third-order valence-electron chi connectivity index (χ3n) is 8.32. The van der Waals surface area contributed by atoms with E-state index >= 15 is 0 Å². The normalized spacial score (nSPS) is 12.5. The van der Waals surface area contributed by atoms with Crippen LogP contribution in [0.25, 0.3) is 16.9 Å². The summed E-state index contributed by atoms with van der Waals surface area (Å²) in [5.41, 5.74) is 26.7. The van der Waals surface area contributed by atoms with Crippen molar-refractivity contribution in [3.8, 4) is 0 Å². The zero-order valence-corrected chi connectivity index (χ0v) is 29.0. The first-order valence-electron chi connectivity index (χ1n) is 15.7. The van der Waals surface area contributed by atoms with E-state index in [-0.39, 0.29) is 16.5 Å². The molecule has 0 fully saturated rings. The van der Waals surface area contributed by atoms with Crippen LogP contribution in [-0.2, 0) is 16.5 Å². The Hall–Kier alpha value is -1.99. The molecule has 1 aliphatic heterocycles. The zero-order chi connectivity index (χ0) is 30.4. The van der Waals surface area contributed by atoms with Gasteiger partial charge in [-0.3, -0.25) is 0 Å². The van der Waals surface area contributed by atoms with Crippen molar-refractivity contribution in [1.29, 1.82) is 0 Å². The first-order chi connectivity index (χ1) is 19.2. The van der Waals surface area contributed by atoms with E-state index in [2.05, 4.69) is 93.5 Å².